The highest BCUT2D eigenvalue weighted by atomic mass is 35.5. The fraction of sp³-hybridized carbons (Fsp3) is 0.458. The molecule has 0 spiro atoms. The van der Waals surface area contributed by atoms with E-state index in [0.717, 1.165) is 12.8 Å². The van der Waals surface area contributed by atoms with Crippen LogP contribution in [0.2, 0.25) is 5.02 Å². The summed E-state index contributed by atoms with van der Waals surface area (Å²) < 4.78 is 26.9. The molecule has 2 unspecified atom stereocenters. The number of piperidine rings is 1. The summed E-state index contributed by atoms with van der Waals surface area (Å²) in [4.78, 5) is 34.4. The first-order valence-corrected chi connectivity index (χ1v) is 11.8. The summed E-state index contributed by atoms with van der Waals surface area (Å²) >= 11 is 6.18. The highest BCUT2D eigenvalue weighted by molar-refractivity contribution is 6.33. The molecule has 35 heavy (non-hydrogen) atoms. The number of Topliss-reactive ketones (excluding diaryl/α,β-unsaturated/α-hetero) is 1. The number of ketones is 1. The zero-order chi connectivity index (χ0) is 24.7. The maximum Gasteiger partial charge on any atom is 0.410 e. The number of aromatic nitrogens is 2. The Kier molecular flexibility index (Phi) is 5.97. The Morgan fingerprint density at radius 1 is 1.29 bits per heavy atom. The van der Waals surface area contributed by atoms with Crippen LogP contribution in [-0.2, 0) is 9.53 Å². The second-order valence-corrected chi connectivity index (χ2v) is 9.95. The highest BCUT2D eigenvalue weighted by Gasteiger charge is 2.48. The van der Waals surface area contributed by atoms with Crippen LogP contribution in [0.4, 0.5) is 20.7 Å². The van der Waals surface area contributed by atoms with Crippen LogP contribution in [0.5, 0.6) is 5.88 Å². The summed E-state index contributed by atoms with van der Waals surface area (Å²) in [5.74, 6) is -1.69. The lowest BCUT2D eigenvalue weighted by Crippen LogP contribution is -2.57. The van der Waals surface area contributed by atoms with Gasteiger partial charge in [-0.2, -0.15) is 14.6 Å². The van der Waals surface area contributed by atoms with Crippen molar-refractivity contribution in [1.29, 1.82) is 5.26 Å². The van der Waals surface area contributed by atoms with Gasteiger partial charge in [0, 0.05) is 37.8 Å². The van der Waals surface area contributed by atoms with Gasteiger partial charge in [0.05, 0.1) is 22.3 Å². The zero-order valence-electron chi connectivity index (χ0n) is 19.0. The predicted octanol–water partition coefficient (Wildman–Crippen LogP) is 4.23. The molecule has 0 radical (unpaired) electrons. The number of fused-ring (bicyclic) bond motifs is 2. The van der Waals surface area contributed by atoms with E-state index in [4.69, 9.17) is 26.3 Å². The summed E-state index contributed by atoms with van der Waals surface area (Å²) in [5.41, 5.74) is 0.351. The Labute approximate surface area is 206 Å². The minimum atomic E-state index is -0.805. The van der Waals surface area contributed by atoms with Crippen molar-refractivity contribution in [2.75, 3.05) is 18.4 Å². The van der Waals surface area contributed by atoms with Gasteiger partial charge in [-0.15, -0.1) is 0 Å². The molecule has 1 aliphatic heterocycles. The summed E-state index contributed by atoms with van der Waals surface area (Å²) in [6, 6.07) is 6.54. The van der Waals surface area contributed by atoms with Gasteiger partial charge in [0.25, 0.3) is 5.88 Å². The average molecular weight is 500 g/mol. The number of anilines is 2. The molecule has 2 atom stereocenters. The molecule has 2 aromatic rings. The lowest BCUT2D eigenvalue weighted by molar-refractivity contribution is -0.131. The van der Waals surface area contributed by atoms with Crippen LogP contribution in [-0.4, -0.2) is 51.5 Å². The first-order chi connectivity index (χ1) is 16.7. The van der Waals surface area contributed by atoms with Crippen molar-refractivity contribution in [3.63, 3.8) is 0 Å². The van der Waals surface area contributed by atoms with E-state index < -0.39 is 11.9 Å². The van der Waals surface area contributed by atoms with E-state index in [1.54, 1.807) is 17.0 Å². The molecular formula is C24H23ClFN5O4. The van der Waals surface area contributed by atoms with E-state index in [-0.39, 0.29) is 58.9 Å². The van der Waals surface area contributed by atoms with Gasteiger partial charge in [-0.25, -0.2) is 9.78 Å². The second-order valence-electron chi connectivity index (χ2n) is 9.55. The Bertz CT molecular complexity index is 1210. The summed E-state index contributed by atoms with van der Waals surface area (Å²) in [6.07, 6.45) is 2.47. The van der Waals surface area contributed by atoms with E-state index >= 15 is 4.39 Å². The van der Waals surface area contributed by atoms with Crippen molar-refractivity contribution in [1.82, 2.24) is 14.9 Å². The summed E-state index contributed by atoms with van der Waals surface area (Å²) in [5, 5.41) is 12.0. The number of ether oxygens (including phenoxy) is 2. The zero-order valence-corrected chi connectivity index (χ0v) is 19.7. The van der Waals surface area contributed by atoms with Gasteiger partial charge in [0.1, 0.15) is 23.8 Å². The molecule has 2 heterocycles. The smallest absolute Gasteiger partial charge is 0.410 e. The monoisotopic (exact) mass is 499 g/mol. The van der Waals surface area contributed by atoms with Gasteiger partial charge in [-0.1, -0.05) is 11.6 Å². The molecule has 1 aromatic heterocycles. The van der Waals surface area contributed by atoms with E-state index in [2.05, 4.69) is 15.3 Å². The Balaban J connectivity index is 1.32. The topological polar surface area (TPSA) is 117 Å². The fourth-order valence-corrected chi connectivity index (χ4v) is 4.85. The number of benzene rings is 1. The largest absolute Gasteiger partial charge is 0.471 e. The van der Waals surface area contributed by atoms with Gasteiger partial charge in [0.15, 0.2) is 5.82 Å². The van der Waals surface area contributed by atoms with Gasteiger partial charge >= 0.3 is 6.09 Å². The van der Waals surface area contributed by atoms with Crippen LogP contribution in [0.15, 0.2) is 24.5 Å². The van der Waals surface area contributed by atoms with E-state index in [1.165, 1.54) is 12.4 Å². The van der Waals surface area contributed by atoms with E-state index in [1.807, 2.05) is 13.0 Å². The van der Waals surface area contributed by atoms with Crippen molar-refractivity contribution in [3.8, 4) is 11.9 Å². The number of nitrogens with one attached hydrogen (secondary N) is 1. The second kappa shape index (κ2) is 8.96. The normalized spacial score (nSPS) is 24.3. The van der Waals surface area contributed by atoms with Gasteiger partial charge in [-0.3, -0.25) is 4.79 Å². The molecule has 182 valence electrons. The third-order valence-corrected chi connectivity index (χ3v) is 7.03. The maximum atomic E-state index is 15.3. The Hall–Kier alpha value is -3.45. The van der Waals surface area contributed by atoms with Crippen LogP contribution in [0.3, 0.4) is 0 Å². The number of halogens is 2. The molecule has 2 saturated carbocycles. The standard InChI is InChI=1S/C24H23ClFN5O4/c1-24(4-5-24)35-23(33)31-10-14-7-16(32)8-15(11-31)20(14)34-22-19(26)21(28-12-29-22)30-18-3-2-13(9-27)6-17(18)25/h2-3,6,12,14-15,20H,4-5,7-8,10-11H2,1H3,(H,28,29,30). The molecule has 9 nitrogen and oxygen atoms in total. The van der Waals surface area contributed by atoms with Crippen molar-refractivity contribution < 1.29 is 23.5 Å². The molecule has 5 rings (SSSR count). The van der Waals surface area contributed by atoms with Crippen LogP contribution in [0.25, 0.3) is 0 Å². The molecule has 11 heteroatoms. The molecular weight excluding hydrogens is 477 g/mol. The molecule has 2 aliphatic carbocycles. The number of amides is 1. The minimum absolute atomic E-state index is 0.1000. The highest BCUT2D eigenvalue weighted by Crippen LogP contribution is 2.41. The van der Waals surface area contributed by atoms with Crippen molar-refractivity contribution >= 4 is 35.0 Å². The number of rotatable bonds is 5. The van der Waals surface area contributed by atoms with Crippen molar-refractivity contribution in [2.24, 2.45) is 11.8 Å². The lowest BCUT2D eigenvalue weighted by atomic mass is 9.74. The average Bonchev–Trinajstić information content (AvgIpc) is 3.54. The number of likely N-dealkylation sites (tertiary alicyclic amines) is 1. The van der Waals surface area contributed by atoms with Crippen LogP contribution < -0.4 is 10.1 Å². The van der Waals surface area contributed by atoms with Crippen molar-refractivity contribution in [3.05, 3.63) is 40.9 Å². The molecule has 1 saturated heterocycles. The number of carbonyl (C=O) groups is 2. The Morgan fingerprint density at radius 3 is 2.63 bits per heavy atom. The maximum absolute atomic E-state index is 15.3. The van der Waals surface area contributed by atoms with Crippen LogP contribution >= 0.6 is 11.6 Å². The molecule has 2 bridgehead atoms. The third kappa shape index (κ3) is 4.86. The first kappa shape index (κ1) is 23.3. The van der Waals surface area contributed by atoms with E-state index in [0.29, 0.717) is 24.3 Å². The fourth-order valence-electron chi connectivity index (χ4n) is 4.62. The van der Waals surface area contributed by atoms with Gasteiger partial charge in [0.2, 0.25) is 5.82 Å². The number of hydrogen-bond donors (Lipinski definition) is 1. The molecule has 1 amide bonds. The quantitative estimate of drug-likeness (QED) is 0.649. The molecule has 3 fully saturated rings. The number of nitriles is 1. The van der Waals surface area contributed by atoms with Gasteiger partial charge in [-0.05, 0) is 38.0 Å². The van der Waals surface area contributed by atoms with Crippen LogP contribution in [0, 0.1) is 29.0 Å². The molecule has 1 N–H and O–H groups in total. The van der Waals surface area contributed by atoms with E-state index in [9.17, 15) is 9.59 Å². The molecule has 3 aliphatic rings. The lowest BCUT2D eigenvalue weighted by Gasteiger charge is -2.45. The summed E-state index contributed by atoms with van der Waals surface area (Å²) in [6.45, 7) is 2.49. The van der Waals surface area contributed by atoms with Crippen molar-refractivity contribution in [2.45, 2.75) is 44.3 Å². The minimum Gasteiger partial charge on any atom is -0.471 e. The molecule has 1 aromatic carbocycles. The predicted molar refractivity (Wildman–Crippen MR) is 123 cm³/mol. The van der Waals surface area contributed by atoms with Crippen LogP contribution in [0.1, 0.15) is 38.2 Å². The summed E-state index contributed by atoms with van der Waals surface area (Å²) in [7, 11) is 0. The number of hydrogen-bond acceptors (Lipinski definition) is 8. The SMILES string of the molecule is CC1(OC(=O)N2CC3CC(=O)CC(C2)C3Oc2ncnc(Nc3ccc(C#N)cc3Cl)c2F)CC1. The number of carbonyl (C=O) groups excluding carboxylic acids is 2. The third-order valence-electron chi connectivity index (χ3n) is 6.72. The number of nitrogens with zero attached hydrogens (tertiary/aromatic N) is 4. The Morgan fingerprint density at radius 2 is 2.00 bits per heavy atom. The van der Waals surface area contributed by atoms with Gasteiger partial charge < -0.3 is 19.7 Å². The first-order valence-electron chi connectivity index (χ1n) is 11.4.